The van der Waals surface area contributed by atoms with Gasteiger partial charge in [-0.05, 0) is 80.6 Å². The van der Waals surface area contributed by atoms with Crippen molar-refractivity contribution in [3.05, 3.63) is 25.3 Å². The van der Waals surface area contributed by atoms with E-state index in [-0.39, 0.29) is 31.3 Å². The number of likely N-dealkylation sites (N-methyl/N-ethyl adjacent to an activating group) is 1. The smallest absolute Gasteiger partial charge is 0.0363 e. The van der Waals surface area contributed by atoms with Gasteiger partial charge in [-0.15, -0.1) is 13.2 Å². The summed E-state index contributed by atoms with van der Waals surface area (Å²) in [7, 11) is 2.22. The molecule has 2 aliphatic rings. The molecule has 2 atom stereocenters. The van der Waals surface area contributed by atoms with Crippen molar-refractivity contribution in [3.63, 3.8) is 0 Å². The highest BCUT2D eigenvalue weighted by atomic mass is 15.2. The Kier molecular flexibility index (Phi) is 25.7. The Hall–Kier alpha value is -0.560. The van der Waals surface area contributed by atoms with Crippen LogP contribution in [0.4, 0.5) is 0 Å². The van der Waals surface area contributed by atoms with Gasteiger partial charge in [0, 0.05) is 11.1 Å². The van der Waals surface area contributed by atoms with Gasteiger partial charge in [0.2, 0.25) is 0 Å². The zero-order valence-electron chi connectivity index (χ0n) is 30.3. The number of rotatable bonds is 2. The first-order valence-corrected chi connectivity index (χ1v) is 15.7. The monoisotopic (exact) mass is 556 g/mol. The van der Waals surface area contributed by atoms with Crippen molar-refractivity contribution in [2.75, 3.05) is 7.05 Å². The maximum absolute atomic E-state index is 4.07. The first-order valence-electron chi connectivity index (χ1n) is 15.7. The van der Waals surface area contributed by atoms with Crippen LogP contribution in [0.1, 0.15) is 179 Å². The van der Waals surface area contributed by atoms with E-state index >= 15 is 0 Å². The van der Waals surface area contributed by atoms with Crippen LogP contribution in [0.15, 0.2) is 25.3 Å². The van der Waals surface area contributed by atoms with Gasteiger partial charge >= 0.3 is 0 Å². The van der Waals surface area contributed by atoms with Crippen LogP contribution in [-0.4, -0.2) is 23.0 Å². The first kappa shape index (κ1) is 51.2. The number of hydrogen-bond donors (Lipinski definition) is 0. The number of likely N-dealkylation sites (tertiary alicyclic amines) is 1. The topological polar surface area (TPSA) is 3.24 Å². The SMILES string of the molecule is C.C.C=CC1(C)CCC(C)(C)C(C)(C)C1(C)C.C=CC1(C)CCC(C)(C)C(C)(C)N1C.CC.CC.CC.CC. The predicted octanol–water partition coefficient (Wildman–Crippen LogP) is 13.9. The summed E-state index contributed by atoms with van der Waals surface area (Å²) in [6.45, 7) is 52.6. The van der Waals surface area contributed by atoms with Crippen molar-refractivity contribution < 1.29 is 0 Å². The van der Waals surface area contributed by atoms with Gasteiger partial charge < -0.3 is 0 Å². The van der Waals surface area contributed by atoms with Crippen LogP contribution in [0.3, 0.4) is 0 Å². The molecular formula is C38H85N. The molecule has 1 aliphatic carbocycles. The Labute approximate surface area is 254 Å². The number of nitrogens with zero attached hydrogens (tertiary/aromatic N) is 1. The van der Waals surface area contributed by atoms with E-state index in [1.807, 2.05) is 55.4 Å². The average molecular weight is 556 g/mol. The summed E-state index contributed by atoms with van der Waals surface area (Å²) in [5, 5.41) is 0. The molecule has 0 radical (unpaired) electrons. The molecule has 1 heteroatoms. The maximum Gasteiger partial charge on any atom is 0.0363 e. The minimum absolute atomic E-state index is 0. The van der Waals surface area contributed by atoms with Crippen molar-refractivity contribution in [2.24, 2.45) is 27.1 Å². The van der Waals surface area contributed by atoms with Gasteiger partial charge in [0.05, 0.1) is 0 Å². The van der Waals surface area contributed by atoms with Crippen molar-refractivity contribution >= 4 is 0 Å². The third kappa shape index (κ3) is 10.3. The van der Waals surface area contributed by atoms with Crippen LogP contribution < -0.4 is 0 Å². The molecule has 0 aromatic rings. The molecule has 1 heterocycles. The molecular weight excluding hydrogens is 470 g/mol. The molecule has 39 heavy (non-hydrogen) atoms. The fourth-order valence-electron chi connectivity index (χ4n) is 5.48. The first-order chi connectivity index (χ1) is 16.7. The molecule has 0 N–H and O–H groups in total. The average Bonchev–Trinajstić information content (AvgIpc) is 2.88. The summed E-state index contributed by atoms with van der Waals surface area (Å²) in [6.07, 6.45) is 9.33. The fraction of sp³-hybridized carbons (Fsp3) is 0.895. The van der Waals surface area contributed by atoms with E-state index < -0.39 is 0 Å². The van der Waals surface area contributed by atoms with Gasteiger partial charge in [0.1, 0.15) is 0 Å². The van der Waals surface area contributed by atoms with Crippen molar-refractivity contribution in [1.29, 1.82) is 0 Å². The van der Waals surface area contributed by atoms with Crippen LogP contribution in [-0.2, 0) is 0 Å². The molecule has 0 amide bonds. The van der Waals surface area contributed by atoms with Crippen LogP contribution in [0.5, 0.6) is 0 Å². The zero-order chi connectivity index (χ0) is 31.3. The highest BCUT2D eigenvalue weighted by Gasteiger charge is 2.58. The number of allylic oxidation sites excluding steroid dienone is 1. The van der Waals surface area contributed by atoms with E-state index in [0.717, 1.165) is 0 Å². The minimum Gasteiger partial charge on any atom is -0.292 e. The molecule has 0 bridgehead atoms. The van der Waals surface area contributed by atoms with Gasteiger partial charge in [-0.2, -0.15) is 0 Å². The molecule has 0 aromatic carbocycles. The highest BCUT2D eigenvalue weighted by Crippen LogP contribution is 2.66. The van der Waals surface area contributed by atoms with Crippen molar-refractivity contribution in [1.82, 2.24) is 4.90 Å². The normalized spacial score (nSPS) is 28.1. The van der Waals surface area contributed by atoms with Gasteiger partial charge in [-0.25, -0.2) is 0 Å². The minimum atomic E-state index is 0. The largest absolute Gasteiger partial charge is 0.292 e. The van der Waals surface area contributed by atoms with Gasteiger partial charge in [0.25, 0.3) is 0 Å². The molecule has 242 valence electrons. The quantitative estimate of drug-likeness (QED) is 0.306. The molecule has 1 nitrogen and oxygen atoms in total. The Morgan fingerprint density at radius 1 is 0.487 bits per heavy atom. The van der Waals surface area contributed by atoms with E-state index in [9.17, 15) is 0 Å². The maximum atomic E-state index is 4.07. The second-order valence-corrected chi connectivity index (χ2v) is 13.3. The third-order valence-corrected chi connectivity index (χ3v) is 11.4. The van der Waals surface area contributed by atoms with Crippen LogP contribution >= 0.6 is 0 Å². The van der Waals surface area contributed by atoms with E-state index in [4.69, 9.17) is 0 Å². The lowest BCUT2D eigenvalue weighted by Gasteiger charge is -2.63. The lowest BCUT2D eigenvalue weighted by Crippen LogP contribution is -2.64. The standard InChI is InChI=1S/C15H28.C13H25N.4C2H6.2CH4/c1-9-15(8)11-10-12(2,3)13(4,5)14(15,6)7;1-8-13(6)10-9-11(2,3)12(4,5)14(13)7;4*1-2;;/h9H,1,10-11H2,2-8H3;8H,1,9-10H2,2-7H3;4*1-2H3;2*1H4. The molecule has 0 spiro atoms. The van der Waals surface area contributed by atoms with Crippen LogP contribution in [0, 0.1) is 27.1 Å². The molecule has 0 aromatic heterocycles. The summed E-state index contributed by atoms with van der Waals surface area (Å²) in [5.41, 5.74) is 2.09. The second kappa shape index (κ2) is 19.5. The summed E-state index contributed by atoms with van der Waals surface area (Å²) in [4.78, 5) is 2.48. The molecule has 1 saturated heterocycles. The molecule has 2 fully saturated rings. The zero-order valence-corrected chi connectivity index (χ0v) is 30.3. The van der Waals surface area contributed by atoms with E-state index in [1.54, 1.807) is 0 Å². The van der Waals surface area contributed by atoms with E-state index in [1.165, 1.54) is 25.7 Å². The second-order valence-electron chi connectivity index (χ2n) is 13.3. The van der Waals surface area contributed by atoms with Crippen molar-refractivity contribution in [2.45, 2.75) is 190 Å². The third-order valence-electron chi connectivity index (χ3n) is 11.4. The van der Waals surface area contributed by atoms with Gasteiger partial charge in [-0.3, -0.25) is 4.90 Å². The van der Waals surface area contributed by atoms with Gasteiger partial charge in [0.15, 0.2) is 0 Å². The molecule has 1 aliphatic heterocycles. The summed E-state index contributed by atoms with van der Waals surface area (Å²) in [6, 6.07) is 0. The number of hydrogen-bond acceptors (Lipinski definition) is 1. The van der Waals surface area contributed by atoms with E-state index in [0.29, 0.717) is 21.7 Å². The lowest BCUT2D eigenvalue weighted by atomic mass is 9.41. The summed E-state index contributed by atoms with van der Waals surface area (Å²) >= 11 is 0. The Balaban J connectivity index is -0.000000107. The molecule has 2 unspecified atom stereocenters. The predicted molar refractivity (Wildman–Crippen MR) is 191 cm³/mol. The van der Waals surface area contributed by atoms with Crippen molar-refractivity contribution in [3.8, 4) is 0 Å². The molecule has 2 rings (SSSR count). The van der Waals surface area contributed by atoms with Gasteiger partial charge in [-0.1, -0.05) is 145 Å². The fourth-order valence-corrected chi connectivity index (χ4v) is 5.48. The number of piperidine rings is 1. The summed E-state index contributed by atoms with van der Waals surface area (Å²) < 4.78 is 0. The highest BCUT2D eigenvalue weighted by molar-refractivity contribution is 5.14. The summed E-state index contributed by atoms with van der Waals surface area (Å²) in [5.74, 6) is 0. The van der Waals surface area contributed by atoms with E-state index in [2.05, 4.69) is 120 Å². The van der Waals surface area contributed by atoms with Crippen LogP contribution in [0.25, 0.3) is 0 Å². The Morgan fingerprint density at radius 3 is 1.13 bits per heavy atom. The Bertz CT molecular complexity index is 619. The molecule has 1 saturated carbocycles. The lowest BCUT2D eigenvalue weighted by molar-refractivity contribution is -0.131. The van der Waals surface area contributed by atoms with Crippen LogP contribution in [0.2, 0.25) is 0 Å². The Morgan fingerprint density at radius 2 is 0.821 bits per heavy atom.